The van der Waals surface area contributed by atoms with Crippen LogP contribution in [0.25, 0.3) is 5.52 Å². The first-order chi connectivity index (χ1) is 8.42. The van der Waals surface area contributed by atoms with Gasteiger partial charge < -0.3 is 9.51 Å². The molecule has 3 rings (SSSR count). The van der Waals surface area contributed by atoms with Gasteiger partial charge in [0, 0.05) is 27.4 Å². The number of fused-ring (bicyclic) bond motifs is 3. The van der Waals surface area contributed by atoms with Gasteiger partial charge in [0.15, 0.2) is 0 Å². The quantitative estimate of drug-likeness (QED) is 0.781. The van der Waals surface area contributed by atoms with Crippen LogP contribution in [-0.4, -0.2) is 9.51 Å². The van der Waals surface area contributed by atoms with Gasteiger partial charge in [-0.3, -0.25) is 0 Å². The lowest BCUT2D eigenvalue weighted by atomic mass is 9.73. The van der Waals surface area contributed by atoms with E-state index in [9.17, 15) is 5.11 Å². The molecule has 96 valence electrons. The van der Waals surface area contributed by atoms with E-state index in [1.54, 1.807) is 0 Å². The van der Waals surface area contributed by atoms with E-state index in [-0.39, 0.29) is 11.5 Å². The van der Waals surface area contributed by atoms with Gasteiger partial charge in [-0.15, -0.1) is 0 Å². The fourth-order valence-electron chi connectivity index (χ4n) is 3.07. The van der Waals surface area contributed by atoms with Crippen molar-refractivity contribution in [3.63, 3.8) is 0 Å². The molecular weight excluding hydrogens is 290 g/mol. The number of nitrogens with zero attached hydrogens (tertiary/aromatic N) is 1. The molecule has 0 fully saturated rings. The third-order valence-electron chi connectivity index (χ3n) is 4.33. The number of aryl methyl sites for hydroxylation is 2. The molecule has 2 nitrogen and oxygen atoms in total. The van der Waals surface area contributed by atoms with Crippen LogP contribution < -0.4 is 0 Å². The Balaban J connectivity index is 2.33. The Kier molecular flexibility index (Phi) is 2.62. The normalized spacial score (nSPS) is 22.2. The second-order valence-electron chi connectivity index (χ2n) is 5.98. The monoisotopic (exact) mass is 307 g/mol. The largest absolute Gasteiger partial charge is 0.388 e. The summed E-state index contributed by atoms with van der Waals surface area (Å²) in [7, 11) is 0. The molecule has 1 aliphatic rings. The summed E-state index contributed by atoms with van der Waals surface area (Å²) in [5.41, 5.74) is 4.81. The standard InChI is InChI=1S/C15H18BrNO/c1-9-12-8-10(16)5-7-17(12)11-4-6-15(2,3)14(18)13(9)11/h5,7-8,14,18H,4,6H2,1-3H3. The molecule has 0 aliphatic heterocycles. The predicted molar refractivity (Wildman–Crippen MR) is 76.9 cm³/mol. The van der Waals surface area contributed by atoms with Gasteiger partial charge in [0.1, 0.15) is 0 Å². The average molecular weight is 308 g/mol. The third kappa shape index (κ3) is 1.57. The summed E-state index contributed by atoms with van der Waals surface area (Å²) in [4.78, 5) is 0. The van der Waals surface area contributed by atoms with E-state index in [1.807, 2.05) is 0 Å². The third-order valence-corrected chi connectivity index (χ3v) is 4.82. The zero-order valence-corrected chi connectivity index (χ0v) is 12.6. The van der Waals surface area contributed by atoms with Crippen molar-refractivity contribution < 1.29 is 5.11 Å². The lowest BCUT2D eigenvalue weighted by Crippen LogP contribution is -2.28. The summed E-state index contributed by atoms with van der Waals surface area (Å²) >= 11 is 3.52. The molecular formula is C15H18BrNO. The van der Waals surface area contributed by atoms with E-state index < -0.39 is 0 Å². The van der Waals surface area contributed by atoms with Crippen LogP contribution in [0.15, 0.2) is 22.8 Å². The summed E-state index contributed by atoms with van der Waals surface area (Å²) in [6.45, 7) is 6.42. The van der Waals surface area contributed by atoms with E-state index in [4.69, 9.17) is 0 Å². The van der Waals surface area contributed by atoms with Gasteiger partial charge in [-0.2, -0.15) is 0 Å². The fraction of sp³-hybridized carbons (Fsp3) is 0.467. The maximum atomic E-state index is 10.6. The van der Waals surface area contributed by atoms with Crippen molar-refractivity contribution in [1.82, 2.24) is 4.40 Å². The first kappa shape index (κ1) is 12.2. The van der Waals surface area contributed by atoms with Crippen LogP contribution in [0.1, 0.15) is 43.2 Å². The second-order valence-corrected chi connectivity index (χ2v) is 6.89. The molecule has 0 bridgehead atoms. The minimum Gasteiger partial charge on any atom is -0.388 e. The van der Waals surface area contributed by atoms with Crippen molar-refractivity contribution in [2.75, 3.05) is 0 Å². The molecule has 1 aliphatic carbocycles. The summed E-state index contributed by atoms with van der Waals surface area (Å²) in [5.74, 6) is 0. The molecule has 0 saturated carbocycles. The minimum absolute atomic E-state index is 0.0278. The van der Waals surface area contributed by atoms with Gasteiger partial charge in [0.2, 0.25) is 0 Å². The maximum Gasteiger partial charge on any atom is 0.0861 e. The highest BCUT2D eigenvalue weighted by atomic mass is 79.9. The van der Waals surface area contributed by atoms with Gasteiger partial charge >= 0.3 is 0 Å². The minimum atomic E-state index is -0.361. The SMILES string of the molecule is Cc1c2c(n3ccc(Br)cc13)CCC(C)(C)C2O. The number of halogens is 1. The highest BCUT2D eigenvalue weighted by Gasteiger charge is 2.37. The Labute approximate surface area is 116 Å². The van der Waals surface area contributed by atoms with E-state index in [0.717, 1.165) is 22.9 Å². The van der Waals surface area contributed by atoms with Crippen LogP contribution in [0.5, 0.6) is 0 Å². The van der Waals surface area contributed by atoms with Crippen molar-refractivity contribution in [3.8, 4) is 0 Å². The van der Waals surface area contributed by atoms with Crippen LogP contribution in [0.4, 0.5) is 0 Å². The maximum absolute atomic E-state index is 10.6. The van der Waals surface area contributed by atoms with Crippen LogP contribution in [0.2, 0.25) is 0 Å². The zero-order valence-electron chi connectivity index (χ0n) is 11.0. The van der Waals surface area contributed by atoms with E-state index >= 15 is 0 Å². The molecule has 0 saturated heterocycles. The molecule has 0 radical (unpaired) electrons. The molecule has 3 heteroatoms. The molecule has 0 aromatic carbocycles. The van der Waals surface area contributed by atoms with E-state index in [1.165, 1.54) is 16.8 Å². The lowest BCUT2D eigenvalue weighted by Gasteiger charge is -2.35. The molecule has 2 heterocycles. The van der Waals surface area contributed by atoms with Crippen molar-refractivity contribution >= 4 is 21.4 Å². The Morgan fingerprint density at radius 2 is 2.17 bits per heavy atom. The highest BCUT2D eigenvalue weighted by molar-refractivity contribution is 9.10. The summed E-state index contributed by atoms with van der Waals surface area (Å²) in [6.07, 6.45) is 3.80. The van der Waals surface area contributed by atoms with Gasteiger partial charge in [-0.1, -0.05) is 29.8 Å². The highest BCUT2D eigenvalue weighted by Crippen LogP contribution is 2.46. The fourth-order valence-corrected chi connectivity index (χ4v) is 3.40. The zero-order chi connectivity index (χ0) is 13.1. The Hall–Kier alpha value is -0.800. The Bertz CT molecular complexity index is 627. The van der Waals surface area contributed by atoms with Crippen LogP contribution >= 0.6 is 15.9 Å². The van der Waals surface area contributed by atoms with Crippen molar-refractivity contribution in [1.29, 1.82) is 0 Å². The second kappa shape index (κ2) is 3.84. The predicted octanol–water partition coefficient (Wildman–Crippen LogP) is 4.02. The molecule has 2 aromatic heterocycles. The topological polar surface area (TPSA) is 24.6 Å². The summed E-state index contributed by atoms with van der Waals surface area (Å²) < 4.78 is 3.31. The smallest absolute Gasteiger partial charge is 0.0861 e. The number of pyridine rings is 1. The Morgan fingerprint density at radius 1 is 1.44 bits per heavy atom. The van der Waals surface area contributed by atoms with E-state index in [2.05, 4.69) is 59.4 Å². The molecule has 0 spiro atoms. The number of aliphatic hydroxyl groups excluding tert-OH is 1. The van der Waals surface area contributed by atoms with Gasteiger partial charge in [-0.25, -0.2) is 0 Å². The van der Waals surface area contributed by atoms with Crippen molar-refractivity contribution in [2.24, 2.45) is 5.41 Å². The van der Waals surface area contributed by atoms with Gasteiger partial charge in [0.25, 0.3) is 0 Å². The summed E-state index contributed by atoms with van der Waals surface area (Å²) in [6, 6.07) is 4.19. The van der Waals surface area contributed by atoms with Crippen LogP contribution in [-0.2, 0) is 6.42 Å². The van der Waals surface area contributed by atoms with Crippen molar-refractivity contribution in [3.05, 3.63) is 39.6 Å². The Morgan fingerprint density at radius 3 is 2.89 bits per heavy atom. The van der Waals surface area contributed by atoms with Crippen LogP contribution in [0.3, 0.4) is 0 Å². The molecule has 18 heavy (non-hydrogen) atoms. The van der Waals surface area contributed by atoms with Gasteiger partial charge in [0.05, 0.1) is 6.10 Å². The number of aromatic nitrogens is 1. The first-order valence-corrected chi connectivity index (χ1v) is 7.18. The molecule has 0 amide bonds. The molecule has 2 aromatic rings. The number of aliphatic hydroxyl groups is 1. The number of hydrogen-bond acceptors (Lipinski definition) is 1. The number of hydrogen-bond donors (Lipinski definition) is 1. The molecule has 1 unspecified atom stereocenters. The molecule has 1 N–H and O–H groups in total. The van der Waals surface area contributed by atoms with E-state index in [0.29, 0.717) is 0 Å². The first-order valence-electron chi connectivity index (χ1n) is 6.39. The average Bonchev–Trinajstić information content (AvgIpc) is 2.58. The van der Waals surface area contributed by atoms with Crippen molar-refractivity contribution in [2.45, 2.75) is 39.7 Å². The number of rotatable bonds is 0. The lowest BCUT2D eigenvalue weighted by molar-refractivity contribution is 0.0331. The van der Waals surface area contributed by atoms with Crippen LogP contribution in [0, 0.1) is 12.3 Å². The molecule has 1 atom stereocenters. The van der Waals surface area contributed by atoms with Gasteiger partial charge in [-0.05, 0) is 42.9 Å². The summed E-state index contributed by atoms with van der Waals surface area (Å²) in [5, 5.41) is 10.6.